The molecule has 0 atom stereocenters. The third-order valence-electron chi connectivity index (χ3n) is 5.19. The SMILES string of the molecule is COc1ccc(OC)c(-c2cc(C(=O)NCCn3nc(-n4nc(C)cc4C)ccc3=O)[nH]n2)c1. The van der Waals surface area contributed by atoms with E-state index in [1.54, 1.807) is 49.2 Å². The molecule has 4 rings (SSSR count). The number of hydrogen-bond donors (Lipinski definition) is 2. The van der Waals surface area contributed by atoms with Gasteiger partial charge < -0.3 is 14.8 Å². The van der Waals surface area contributed by atoms with Crippen LogP contribution in [-0.4, -0.2) is 56.4 Å². The molecule has 0 aliphatic rings. The van der Waals surface area contributed by atoms with Gasteiger partial charge in [-0.05, 0) is 50.2 Å². The van der Waals surface area contributed by atoms with Crippen molar-refractivity contribution in [2.24, 2.45) is 0 Å². The van der Waals surface area contributed by atoms with Crippen LogP contribution in [0.4, 0.5) is 0 Å². The van der Waals surface area contributed by atoms with Gasteiger partial charge in [0.15, 0.2) is 5.82 Å². The van der Waals surface area contributed by atoms with Crippen molar-refractivity contribution in [1.82, 2.24) is 35.1 Å². The molecule has 1 amide bonds. The summed E-state index contributed by atoms with van der Waals surface area (Å²) in [4.78, 5) is 24.8. The predicted octanol–water partition coefficient (Wildman–Crippen LogP) is 1.88. The van der Waals surface area contributed by atoms with E-state index in [1.165, 1.54) is 10.7 Å². The van der Waals surface area contributed by atoms with E-state index in [1.807, 2.05) is 19.9 Å². The van der Waals surface area contributed by atoms with E-state index < -0.39 is 0 Å². The molecule has 11 nitrogen and oxygen atoms in total. The largest absolute Gasteiger partial charge is 0.497 e. The lowest BCUT2D eigenvalue weighted by Gasteiger charge is -2.09. The second-order valence-electron chi connectivity index (χ2n) is 7.58. The lowest BCUT2D eigenvalue weighted by atomic mass is 10.1. The second kappa shape index (κ2) is 9.61. The molecule has 3 aromatic heterocycles. The van der Waals surface area contributed by atoms with Crippen molar-refractivity contribution in [2.75, 3.05) is 20.8 Å². The molecule has 176 valence electrons. The first-order valence-corrected chi connectivity index (χ1v) is 10.6. The highest BCUT2D eigenvalue weighted by Gasteiger charge is 2.15. The van der Waals surface area contributed by atoms with Crippen molar-refractivity contribution >= 4 is 5.91 Å². The van der Waals surface area contributed by atoms with E-state index in [0.29, 0.717) is 28.6 Å². The van der Waals surface area contributed by atoms with Gasteiger partial charge in [-0.2, -0.15) is 10.2 Å². The van der Waals surface area contributed by atoms with Crippen molar-refractivity contribution in [3.8, 4) is 28.6 Å². The Kier molecular flexibility index (Phi) is 6.44. The van der Waals surface area contributed by atoms with Crippen molar-refractivity contribution in [2.45, 2.75) is 20.4 Å². The molecule has 0 saturated heterocycles. The zero-order valence-corrected chi connectivity index (χ0v) is 19.3. The van der Waals surface area contributed by atoms with Gasteiger partial charge in [0.05, 0.1) is 32.2 Å². The first-order valence-electron chi connectivity index (χ1n) is 10.6. The van der Waals surface area contributed by atoms with Gasteiger partial charge in [-0.25, -0.2) is 9.36 Å². The summed E-state index contributed by atoms with van der Waals surface area (Å²) in [6.07, 6.45) is 0. The number of amides is 1. The van der Waals surface area contributed by atoms with Gasteiger partial charge >= 0.3 is 0 Å². The minimum absolute atomic E-state index is 0.197. The predicted molar refractivity (Wildman–Crippen MR) is 125 cm³/mol. The van der Waals surface area contributed by atoms with E-state index in [4.69, 9.17) is 9.47 Å². The Bertz CT molecular complexity index is 1390. The molecular formula is C23H25N7O4. The number of aryl methyl sites for hydroxylation is 2. The first kappa shape index (κ1) is 22.8. The Hall–Kier alpha value is -4.41. The number of methoxy groups -OCH3 is 2. The molecule has 11 heteroatoms. The summed E-state index contributed by atoms with van der Waals surface area (Å²) in [7, 11) is 3.13. The maximum absolute atomic E-state index is 12.6. The number of carbonyl (C=O) groups excluding carboxylic acids is 1. The summed E-state index contributed by atoms with van der Waals surface area (Å²) in [5.74, 6) is 1.42. The minimum atomic E-state index is -0.358. The Morgan fingerprint density at radius 3 is 2.59 bits per heavy atom. The number of carbonyl (C=O) groups is 1. The van der Waals surface area contributed by atoms with Gasteiger partial charge in [-0.3, -0.25) is 14.7 Å². The molecule has 0 aliphatic heterocycles. The molecule has 2 N–H and O–H groups in total. The van der Waals surface area contributed by atoms with Crippen molar-refractivity contribution in [1.29, 1.82) is 0 Å². The van der Waals surface area contributed by atoms with Gasteiger partial charge in [0.25, 0.3) is 11.5 Å². The van der Waals surface area contributed by atoms with Crippen LogP contribution in [0.3, 0.4) is 0 Å². The molecule has 3 heterocycles. The van der Waals surface area contributed by atoms with Crippen LogP contribution in [0.15, 0.2) is 47.3 Å². The summed E-state index contributed by atoms with van der Waals surface area (Å²) in [5, 5.41) is 18.5. The van der Waals surface area contributed by atoms with E-state index in [-0.39, 0.29) is 30.2 Å². The molecule has 0 bridgehead atoms. The number of aromatic amines is 1. The number of benzene rings is 1. The summed E-state index contributed by atoms with van der Waals surface area (Å²) < 4.78 is 13.6. The average molecular weight is 463 g/mol. The van der Waals surface area contributed by atoms with E-state index >= 15 is 0 Å². The maximum Gasteiger partial charge on any atom is 0.269 e. The van der Waals surface area contributed by atoms with E-state index in [9.17, 15) is 9.59 Å². The highest BCUT2D eigenvalue weighted by atomic mass is 16.5. The second-order valence-corrected chi connectivity index (χ2v) is 7.58. The molecule has 0 radical (unpaired) electrons. The fourth-order valence-corrected chi connectivity index (χ4v) is 3.53. The van der Waals surface area contributed by atoms with Gasteiger partial charge in [0.1, 0.15) is 17.2 Å². The van der Waals surface area contributed by atoms with Gasteiger partial charge in [-0.15, -0.1) is 5.10 Å². The molecule has 4 aromatic rings. The van der Waals surface area contributed by atoms with Crippen molar-refractivity contribution in [3.63, 3.8) is 0 Å². The molecule has 34 heavy (non-hydrogen) atoms. The fraction of sp³-hybridized carbons (Fsp3) is 0.261. The fourth-order valence-electron chi connectivity index (χ4n) is 3.53. The highest BCUT2D eigenvalue weighted by molar-refractivity contribution is 5.93. The van der Waals surface area contributed by atoms with E-state index in [2.05, 4.69) is 25.7 Å². The lowest BCUT2D eigenvalue weighted by Crippen LogP contribution is -2.32. The Balaban J connectivity index is 1.44. The van der Waals surface area contributed by atoms with Gasteiger partial charge in [0.2, 0.25) is 0 Å². The van der Waals surface area contributed by atoms with Crippen molar-refractivity contribution < 1.29 is 14.3 Å². The Morgan fingerprint density at radius 2 is 1.88 bits per heavy atom. The quantitative estimate of drug-likeness (QED) is 0.408. The number of nitrogens with zero attached hydrogens (tertiary/aromatic N) is 5. The normalized spacial score (nSPS) is 10.8. The van der Waals surface area contributed by atoms with Gasteiger partial charge in [0, 0.05) is 23.9 Å². The van der Waals surface area contributed by atoms with Crippen LogP contribution in [-0.2, 0) is 6.54 Å². The maximum atomic E-state index is 12.6. The summed E-state index contributed by atoms with van der Waals surface area (Å²) in [6.45, 7) is 4.20. The summed E-state index contributed by atoms with van der Waals surface area (Å²) >= 11 is 0. The summed E-state index contributed by atoms with van der Waals surface area (Å²) in [6, 6.07) is 11.9. The molecule has 1 aromatic carbocycles. The van der Waals surface area contributed by atoms with Crippen molar-refractivity contribution in [3.05, 3.63) is 69.9 Å². The number of aromatic nitrogens is 6. The average Bonchev–Trinajstić information content (AvgIpc) is 3.46. The third-order valence-corrected chi connectivity index (χ3v) is 5.19. The number of nitrogens with one attached hydrogen (secondary N) is 2. The molecule has 0 spiro atoms. The monoisotopic (exact) mass is 463 g/mol. The number of hydrogen-bond acceptors (Lipinski definition) is 7. The summed E-state index contributed by atoms with van der Waals surface area (Å²) in [5.41, 5.74) is 3.00. The van der Waals surface area contributed by atoms with Crippen LogP contribution in [0.2, 0.25) is 0 Å². The molecular weight excluding hydrogens is 438 g/mol. The molecule has 0 aliphatic carbocycles. The molecule has 0 fully saturated rings. The smallest absolute Gasteiger partial charge is 0.269 e. The topological polar surface area (TPSA) is 129 Å². The minimum Gasteiger partial charge on any atom is -0.497 e. The van der Waals surface area contributed by atoms with Crippen LogP contribution in [0.25, 0.3) is 17.1 Å². The van der Waals surface area contributed by atoms with Gasteiger partial charge in [-0.1, -0.05) is 0 Å². The molecule has 0 unspecified atom stereocenters. The Labute approximate surface area is 195 Å². The van der Waals surface area contributed by atoms with Crippen LogP contribution >= 0.6 is 0 Å². The standard InChI is InChI=1S/C23H25N7O4/c1-14-11-15(2)30(27-14)21-7-8-22(31)29(28-21)10-9-24-23(32)19-13-18(25-26-19)17-12-16(33-3)5-6-20(17)34-4/h5-8,11-13H,9-10H2,1-4H3,(H,24,32)(H,25,26). The third kappa shape index (κ3) is 4.68. The number of ether oxygens (including phenoxy) is 2. The number of rotatable bonds is 8. The molecule has 0 saturated carbocycles. The highest BCUT2D eigenvalue weighted by Crippen LogP contribution is 2.32. The first-order chi connectivity index (χ1) is 16.4. The van der Waals surface area contributed by atoms with Crippen LogP contribution < -0.4 is 20.3 Å². The Morgan fingerprint density at radius 1 is 1.06 bits per heavy atom. The zero-order chi connectivity index (χ0) is 24.2. The lowest BCUT2D eigenvalue weighted by molar-refractivity contribution is 0.0946. The number of H-pyrrole nitrogens is 1. The van der Waals surface area contributed by atoms with Crippen LogP contribution in [0, 0.1) is 13.8 Å². The van der Waals surface area contributed by atoms with Crippen LogP contribution in [0.5, 0.6) is 11.5 Å². The zero-order valence-electron chi connectivity index (χ0n) is 19.3. The van der Waals surface area contributed by atoms with Crippen LogP contribution in [0.1, 0.15) is 21.9 Å². The van der Waals surface area contributed by atoms with E-state index in [0.717, 1.165) is 11.4 Å².